The number of nitrogens with one attached hydrogen (secondary N) is 2. The molecular weight excluding hydrogens is 266 g/mol. The number of para-hydroxylation sites is 1. The van der Waals surface area contributed by atoms with Gasteiger partial charge in [0.15, 0.2) is 0 Å². The predicted octanol–water partition coefficient (Wildman–Crippen LogP) is 2.46. The largest absolute Gasteiger partial charge is 0.383 e. The molecule has 0 amide bonds. The smallest absolute Gasteiger partial charge is 0.229 e. The molecule has 0 aliphatic rings. The van der Waals surface area contributed by atoms with Gasteiger partial charge in [0, 0.05) is 25.4 Å². The van der Waals surface area contributed by atoms with Crippen LogP contribution in [0.25, 0.3) is 0 Å². The molecule has 0 atom stereocenters. The number of rotatable bonds is 6. The molecule has 0 spiro atoms. The molecule has 1 heterocycles. The number of benzene rings is 1. The fourth-order valence-electron chi connectivity index (χ4n) is 1.81. The Balaban J connectivity index is 2.18. The summed E-state index contributed by atoms with van der Waals surface area (Å²) in [6, 6.07) is 11.2. The highest BCUT2D eigenvalue weighted by atomic mass is 16.5. The van der Waals surface area contributed by atoms with Gasteiger partial charge in [0.2, 0.25) is 5.95 Å². The SMILES string of the molecule is COCCNc1cc(C)nc(Nc2ccccc2C#N)n1. The first kappa shape index (κ1) is 14.8. The molecule has 0 saturated carbocycles. The minimum Gasteiger partial charge on any atom is -0.383 e. The zero-order chi connectivity index (χ0) is 15.1. The van der Waals surface area contributed by atoms with E-state index >= 15 is 0 Å². The number of methoxy groups -OCH3 is 1. The topological polar surface area (TPSA) is 82.9 Å². The van der Waals surface area contributed by atoms with E-state index in [1.807, 2.05) is 31.2 Å². The lowest BCUT2D eigenvalue weighted by molar-refractivity contribution is 0.210. The molecule has 0 aliphatic carbocycles. The first-order chi connectivity index (χ1) is 10.2. The Hall–Kier alpha value is -2.65. The molecule has 0 radical (unpaired) electrons. The summed E-state index contributed by atoms with van der Waals surface area (Å²) < 4.78 is 4.99. The van der Waals surface area contributed by atoms with E-state index in [9.17, 15) is 0 Å². The van der Waals surface area contributed by atoms with Gasteiger partial charge >= 0.3 is 0 Å². The van der Waals surface area contributed by atoms with Gasteiger partial charge < -0.3 is 15.4 Å². The van der Waals surface area contributed by atoms with E-state index in [4.69, 9.17) is 10.00 Å². The molecule has 0 fully saturated rings. The maximum absolute atomic E-state index is 9.09. The summed E-state index contributed by atoms with van der Waals surface area (Å²) in [5, 5.41) is 15.3. The van der Waals surface area contributed by atoms with Gasteiger partial charge in [-0.15, -0.1) is 0 Å². The van der Waals surface area contributed by atoms with Gasteiger partial charge in [0.05, 0.1) is 17.9 Å². The molecule has 2 rings (SSSR count). The maximum Gasteiger partial charge on any atom is 0.229 e. The van der Waals surface area contributed by atoms with Crippen molar-refractivity contribution in [2.24, 2.45) is 0 Å². The van der Waals surface area contributed by atoms with Crippen LogP contribution < -0.4 is 10.6 Å². The molecule has 2 N–H and O–H groups in total. The van der Waals surface area contributed by atoms with Crippen LogP contribution >= 0.6 is 0 Å². The number of hydrogen-bond acceptors (Lipinski definition) is 6. The van der Waals surface area contributed by atoms with Crippen molar-refractivity contribution in [3.8, 4) is 6.07 Å². The van der Waals surface area contributed by atoms with Crippen LogP contribution in [0.5, 0.6) is 0 Å². The molecule has 21 heavy (non-hydrogen) atoms. The molecule has 6 heteroatoms. The second-order valence-electron chi connectivity index (χ2n) is 4.42. The summed E-state index contributed by atoms with van der Waals surface area (Å²) in [6.45, 7) is 3.16. The van der Waals surface area contributed by atoms with Gasteiger partial charge in [-0.05, 0) is 19.1 Å². The van der Waals surface area contributed by atoms with Gasteiger partial charge in [-0.25, -0.2) is 4.98 Å². The summed E-state index contributed by atoms with van der Waals surface area (Å²) >= 11 is 0. The Morgan fingerprint density at radius 3 is 2.86 bits per heavy atom. The zero-order valence-corrected chi connectivity index (χ0v) is 12.1. The van der Waals surface area contributed by atoms with Crippen molar-refractivity contribution >= 4 is 17.5 Å². The van der Waals surface area contributed by atoms with E-state index in [0.29, 0.717) is 30.4 Å². The molecule has 2 aromatic rings. The van der Waals surface area contributed by atoms with Crippen molar-refractivity contribution in [2.75, 3.05) is 30.9 Å². The van der Waals surface area contributed by atoms with Gasteiger partial charge in [-0.2, -0.15) is 10.2 Å². The first-order valence-electron chi connectivity index (χ1n) is 6.57. The minimum absolute atomic E-state index is 0.456. The third-order valence-corrected chi connectivity index (χ3v) is 2.76. The van der Waals surface area contributed by atoms with Gasteiger partial charge in [0.25, 0.3) is 0 Å². The molecular formula is C15H17N5O. The van der Waals surface area contributed by atoms with E-state index < -0.39 is 0 Å². The molecule has 0 aliphatic heterocycles. The van der Waals surface area contributed by atoms with E-state index in [1.54, 1.807) is 13.2 Å². The maximum atomic E-state index is 9.09. The van der Waals surface area contributed by atoms with Gasteiger partial charge in [-0.3, -0.25) is 0 Å². The van der Waals surface area contributed by atoms with Crippen LogP contribution in [0.3, 0.4) is 0 Å². The molecule has 0 saturated heterocycles. The molecule has 0 unspecified atom stereocenters. The van der Waals surface area contributed by atoms with Crippen LogP contribution in [0.4, 0.5) is 17.5 Å². The molecule has 6 nitrogen and oxygen atoms in total. The average molecular weight is 283 g/mol. The number of nitrogens with zero attached hydrogens (tertiary/aromatic N) is 3. The van der Waals surface area contributed by atoms with Crippen LogP contribution in [-0.4, -0.2) is 30.2 Å². The molecule has 0 bridgehead atoms. The Morgan fingerprint density at radius 1 is 1.29 bits per heavy atom. The van der Waals surface area contributed by atoms with E-state index in [2.05, 4.69) is 26.7 Å². The van der Waals surface area contributed by atoms with Crippen molar-refractivity contribution in [1.82, 2.24) is 9.97 Å². The average Bonchev–Trinajstić information content (AvgIpc) is 2.47. The summed E-state index contributed by atoms with van der Waals surface area (Å²) in [6.07, 6.45) is 0. The first-order valence-corrected chi connectivity index (χ1v) is 6.57. The highest BCUT2D eigenvalue weighted by molar-refractivity contribution is 5.63. The van der Waals surface area contributed by atoms with Gasteiger partial charge in [0.1, 0.15) is 11.9 Å². The van der Waals surface area contributed by atoms with Crippen LogP contribution in [0, 0.1) is 18.3 Å². The standard InChI is InChI=1S/C15H17N5O/c1-11-9-14(17-7-8-21-2)20-15(18-11)19-13-6-4-3-5-12(13)10-16/h3-6,9H,7-8H2,1-2H3,(H2,17,18,19,20). The number of nitriles is 1. The number of aromatic nitrogens is 2. The number of ether oxygens (including phenoxy) is 1. The third kappa shape index (κ3) is 4.16. The van der Waals surface area contributed by atoms with E-state index in [1.165, 1.54) is 0 Å². The fourth-order valence-corrected chi connectivity index (χ4v) is 1.81. The van der Waals surface area contributed by atoms with E-state index in [-0.39, 0.29) is 0 Å². The monoisotopic (exact) mass is 283 g/mol. The Morgan fingerprint density at radius 2 is 2.10 bits per heavy atom. The van der Waals surface area contributed by atoms with Crippen LogP contribution in [0.1, 0.15) is 11.3 Å². The summed E-state index contributed by atoms with van der Waals surface area (Å²) in [7, 11) is 1.65. The Labute approximate surface area is 123 Å². The summed E-state index contributed by atoms with van der Waals surface area (Å²) in [5.74, 6) is 1.18. The molecule has 108 valence electrons. The lowest BCUT2D eigenvalue weighted by atomic mass is 10.2. The fraction of sp³-hybridized carbons (Fsp3) is 0.267. The van der Waals surface area contributed by atoms with Crippen molar-refractivity contribution in [3.63, 3.8) is 0 Å². The molecule has 1 aromatic carbocycles. The third-order valence-electron chi connectivity index (χ3n) is 2.76. The minimum atomic E-state index is 0.456. The van der Waals surface area contributed by atoms with Crippen molar-refractivity contribution < 1.29 is 4.74 Å². The summed E-state index contributed by atoms with van der Waals surface area (Å²) in [4.78, 5) is 8.71. The van der Waals surface area contributed by atoms with Crippen LogP contribution in [0.2, 0.25) is 0 Å². The van der Waals surface area contributed by atoms with Crippen molar-refractivity contribution in [2.45, 2.75) is 6.92 Å². The van der Waals surface area contributed by atoms with Crippen molar-refractivity contribution in [3.05, 3.63) is 41.6 Å². The quantitative estimate of drug-likeness (QED) is 0.792. The zero-order valence-electron chi connectivity index (χ0n) is 12.1. The Bertz CT molecular complexity index is 651. The second-order valence-corrected chi connectivity index (χ2v) is 4.42. The predicted molar refractivity (Wildman–Crippen MR) is 81.6 cm³/mol. The highest BCUT2D eigenvalue weighted by Crippen LogP contribution is 2.19. The molecule has 1 aromatic heterocycles. The second kappa shape index (κ2) is 7.22. The lowest BCUT2D eigenvalue weighted by Gasteiger charge is -2.10. The van der Waals surface area contributed by atoms with Gasteiger partial charge in [-0.1, -0.05) is 12.1 Å². The number of anilines is 3. The number of aryl methyl sites for hydroxylation is 1. The lowest BCUT2D eigenvalue weighted by Crippen LogP contribution is -2.10. The van der Waals surface area contributed by atoms with Crippen LogP contribution in [0.15, 0.2) is 30.3 Å². The van der Waals surface area contributed by atoms with Crippen LogP contribution in [-0.2, 0) is 4.74 Å². The summed E-state index contributed by atoms with van der Waals surface area (Å²) in [5.41, 5.74) is 2.08. The normalized spacial score (nSPS) is 9.95. The Kier molecular flexibility index (Phi) is 5.07. The number of hydrogen-bond donors (Lipinski definition) is 2. The van der Waals surface area contributed by atoms with E-state index in [0.717, 1.165) is 11.5 Å². The van der Waals surface area contributed by atoms with Crippen molar-refractivity contribution in [1.29, 1.82) is 5.26 Å². The highest BCUT2D eigenvalue weighted by Gasteiger charge is 2.05.